The summed E-state index contributed by atoms with van der Waals surface area (Å²) in [7, 11) is 5.36. The number of rotatable bonds is 11. The molecular weight excluding hydrogens is 450 g/mol. The molecular formula is C28H40ClNO4. The van der Waals surface area contributed by atoms with E-state index in [-0.39, 0.29) is 24.2 Å². The Morgan fingerprint density at radius 1 is 1.09 bits per heavy atom. The van der Waals surface area contributed by atoms with Gasteiger partial charge < -0.3 is 19.5 Å². The highest BCUT2D eigenvalue weighted by molar-refractivity contribution is 5.85. The number of aliphatic carboxylic acids is 1. The average molecular weight is 490 g/mol. The molecule has 0 radical (unpaired) electrons. The smallest absolute Gasteiger partial charge is 0.306 e. The molecule has 1 N–H and O–H groups in total. The van der Waals surface area contributed by atoms with Crippen LogP contribution in [-0.2, 0) is 17.6 Å². The molecule has 1 aliphatic carbocycles. The summed E-state index contributed by atoms with van der Waals surface area (Å²) in [6.07, 6.45) is 3.48. The van der Waals surface area contributed by atoms with Gasteiger partial charge in [0, 0.05) is 6.54 Å². The fourth-order valence-corrected chi connectivity index (χ4v) is 5.47. The van der Waals surface area contributed by atoms with Crippen LogP contribution in [0.3, 0.4) is 0 Å². The van der Waals surface area contributed by atoms with E-state index in [9.17, 15) is 9.90 Å². The number of carboxylic acids is 1. The molecule has 3 rings (SSSR count). The van der Waals surface area contributed by atoms with Crippen LogP contribution in [0, 0.1) is 17.8 Å². The molecule has 3 atom stereocenters. The molecule has 0 fully saturated rings. The van der Waals surface area contributed by atoms with Gasteiger partial charge in [-0.05, 0) is 85.9 Å². The predicted molar refractivity (Wildman–Crippen MR) is 140 cm³/mol. The van der Waals surface area contributed by atoms with Crippen molar-refractivity contribution in [1.82, 2.24) is 4.90 Å². The molecule has 1 aliphatic rings. The summed E-state index contributed by atoms with van der Waals surface area (Å²) >= 11 is 0. The number of methoxy groups -OCH3 is 2. The first kappa shape index (κ1) is 28.0. The highest BCUT2D eigenvalue weighted by Gasteiger charge is 2.39. The van der Waals surface area contributed by atoms with Crippen LogP contribution in [0.25, 0.3) is 0 Å². The summed E-state index contributed by atoms with van der Waals surface area (Å²) in [6.45, 7) is 6.10. The van der Waals surface area contributed by atoms with Crippen LogP contribution in [0.1, 0.15) is 49.3 Å². The van der Waals surface area contributed by atoms with Crippen molar-refractivity contribution in [2.45, 2.75) is 45.4 Å². The molecule has 0 aliphatic heterocycles. The second-order valence-electron chi connectivity index (χ2n) is 9.65. The minimum Gasteiger partial charge on any atom is -0.493 e. The number of aryl methyl sites for hydroxylation is 1. The zero-order chi connectivity index (χ0) is 24.0. The van der Waals surface area contributed by atoms with Crippen molar-refractivity contribution in [1.29, 1.82) is 0 Å². The Bertz CT molecular complexity index is 932. The molecule has 0 aromatic heterocycles. The van der Waals surface area contributed by atoms with Crippen molar-refractivity contribution in [2.75, 3.05) is 34.4 Å². The van der Waals surface area contributed by atoms with Crippen LogP contribution in [0.15, 0.2) is 42.5 Å². The first-order valence-electron chi connectivity index (χ1n) is 12.1. The zero-order valence-corrected chi connectivity index (χ0v) is 21.9. The predicted octanol–water partition coefficient (Wildman–Crippen LogP) is 5.69. The first-order valence-corrected chi connectivity index (χ1v) is 12.1. The summed E-state index contributed by atoms with van der Waals surface area (Å²) in [5.41, 5.74) is 3.93. The lowest BCUT2D eigenvalue weighted by Gasteiger charge is -2.39. The third kappa shape index (κ3) is 6.67. The number of hydrogen-bond acceptors (Lipinski definition) is 4. The van der Waals surface area contributed by atoms with Gasteiger partial charge in [0.25, 0.3) is 0 Å². The van der Waals surface area contributed by atoms with Gasteiger partial charge in [0.1, 0.15) is 0 Å². The van der Waals surface area contributed by atoms with Crippen molar-refractivity contribution < 1.29 is 19.4 Å². The third-order valence-electron chi connectivity index (χ3n) is 7.23. The van der Waals surface area contributed by atoms with Gasteiger partial charge in [-0.2, -0.15) is 0 Å². The minimum absolute atomic E-state index is 0. The van der Waals surface area contributed by atoms with Gasteiger partial charge in [0.15, 0.2) is 11.5 Å². The number of hydrogen-bond donors (Lipinski definition) is 1. The maximum absolute atomic E-state index is 12.4. The maximum Gasteiger partial charge on any atom is 0.306 e. The van der Waals surface area contributed by atoms with E-state index in [2.05, 4.69) is 56.1 Å². The molecule has 0 spiro atoms. The normalized spacial score (nSPS) is 18.2. The van der Waals surface area contributed by atoms with E-state index in [1.807, 2.05) is 12.1 Å². The van der Waals surface area contributed by atoms with Crippen LogP contribution < -0.4 is 9.47 Å². The molecule has 34 heavy (non-hydrogen) atoms. The maximum atomic E-state index is 12.4. The second-order valence-corrected chi connectivity index (χ2v) is 9.65. The van der Waals surface area contributed by atoms with Gasteiger partial charge in [-0.25, -0.2) is 0 Å². The molecule has 0 heterocycles. The minimum atomic E-state index is -0.654. The van der Waals surface area contributed by atoms with Crippen molar-refractivity contribution >= 4 is 18.4 Å². The van der Waals surface area contributed by atoms with E-state index in [1.165, 1.54) is 16.7 Å². The number of nitrogens with zero attached hydrogens (tertiary/aromatic N) is 1. The zero-order valence-electron chi connectivity index (χ0n) is 21.1. The Labute approximate surface area is 210 Å². The Morgan fingerprint density at radius 3 is 2.44 bits per heavy atom. The molecule has 2 aromatic carbocycles. The van der Waals surface area contributed by atoms with E-state index >= 15 is 0 Å². The van der Waals surface area contributed by atoms with Crippen LogP contribution in [-0.4, -0.2) is 50.3 Å². The van der Waals surface area contributed by atoms with Gasteiger partial charge in [-0.1, -0.05) is 44.2 Å². The van der Waals surface area contributed by atoms with Gasteiger partial charge in [0.05, 0.1) is 20.1 Å². The number of likely N-dealkylation sites (N-methyl/N-ethyl adjacent to an activating group) is 1. The standard InChI is InChI=1S/C28H39NO4.ClH/c1-19(2)27-22-9-7-6-8-21(22)11-12-23(27)24(28(30)31)15-17-29(3)16-14-20-10-13-25(32-4)26(18-20)33-5;/h6-10,13,18-19,23-24,27H,11-12,14-17H2,1-5H3,(H,30,31);1H/t23-,24?,27-;/m0./s1. The molecule has 5 nitrogen and oxygen atoms in total. The van der Waals surface area contributed by atoms with E-state index in [4.69, 9.17) is 9.47 Å². The molecule has 0 amide bonds. The molecule has 1 unspecified atom stereocenters. The van der Waals surface area contributed by atoms with Crippen LogP contribution in [0.2, 0.25) is 0 Å². The molecule has 188 valence electrons. The van der Waals surface area contributed by atoms with Gasteiger partial charge in [-0.3, -0.25) is 4.79 Å². The fourth-order valence-electron chi connectivity index (χ4n) is 5.47. The summed E-state index contributed by atoms with van der Waals surface area (Å²) in [4.78, 5) is 14.6. The monoisotopic (exact) mass is 489 g/mol. The van der Waals surface area contributed by atoms with E-state index in [0.29, 0.717) is 18.3 Å². The first-order chi connectivity index (χ1) is 15.8. The van der Waals surface area contributed by atoms with E-state index in [1.54, 1.807) is 14.2 Å². The Kier molecular flexibility index (Phi) is 10.7. The fraction of sp³-hybridized carbons (Fsp3) is 0.536. The van der Waals surface area contributed by atoms with Crippen LogP contribution >= 0.6 is 12.4 Å². The van der Waals surface area contributed by atoms with E-state index in [0.717, 1.165) is 43.9 Å². The van der Waals surface area contributed by atoms with Crippen molar-refractivity contribution in [3.05, 3.63) is 59.2 Å². The lowest BCUT2D eigenvalue weighted by atomic mass is 9.65. The van der Waals surface area contributed by atoms with Gasteiger partial charge >= 0.3 is 5.97 Å². The summed E-state index contributed by atoms with van der Waals surface area (Å²) < 4.78 is 10.7. The molecule has 0 saturated heterocycles. The molecule has 6 heteroatoms. The quantitative estimate of drug-likeness (QED) is 0.439. The average Bonchev–Trinajstić information content (AvgIpc) is 2.81. The van der Waals surface area contributed by atoms with E-state index < -0.39 is 5.97 Å². The van der Waals surface area contributed by atoms with Gasteiger partial charge in [-0.15, -0.1) is 12.4 Å². The van der Waals surface area contributed by atoms with Crippen molar-refractivity contribution in [3.63, 3.8) is 0 Å². The summed E-state index contributed by atoms with van der Waals surface area (Å²) in [6, 6.07) is 14.6. The van der Waals surface area contributed by atoms with Gasteiger partial charge in [0.2, 0.25) is 0 Å². The number of carbonyl (C=O) groups is 1. The van der Waals surface area contributed by atoms with Crippen LogP contribution in [0.4, 0.5) is 0 Å². The highest BCUT2D eigenvalue weighted by atomic mass is 35.5. The molecule has 0 saturated carbocycles. The Balaban J connectivity index is 0.00000408. The number of ether oxygens (including phenoxy) is 2. The Hall–Kier alpha value is -2.24. The number of halogens is 1. The topological polar surface area (TPSA) is 59.0 Å². The SMILES string of the molecule is COc1ccc(CCN(C)CCC(C(=O)O)[C@@H]2CCc3ccccc3[C@@H]2C(C)C)cc1OC.Cl. The molecule has 0 bridgehead atoms. The van der Waals surface area contributed by atoms with Crippen molar-refractivity contribution in [2.24, 2.45) is 17.8 Å². The lowest BCUT2D eigenvalue weighted by molar-refractivity contribution is -0.145. The lowest BCUT2D eigenvalue weighted by Crippen LogP contribution is -2.36. The third-order valence-corrected chi connectivity index (χ3v) is 7.23. The summed E-state index contributed by atoms with van der Waals surface area (Å²) in [5.74, 6) is 1.38. The second kappa shape index (κ2) is 13.0. The highest BCUT2D eigenvalue weighted by Crippen LogP contribution is 2.45. The number of benzene rings is 2. The largest absolute Gasteiger partial charge is 0.493 e. The number of carboxylic acid groups (broad SMARTS) is 1. The van der Waals surface area contributed by atoms with Crippen LogP contribution in [0.5, 0.6) is 11.5 Å². The molecule has 2 aromatic rings. The summed E-state index contributed by atoms with van der Waals surface area (Å²) in [5, 5.41) is 10.2. The number of fused-ring (bicyclic) bond motifs is 1. The Morgan fingerprint density at radius 2 is 1.79 bits per heavy atom. The van der Waals surface area contributed by atoms with Crippen molar-refractivity contribution in [3.8, 4) is 11.5 Å².